The van der Waals surface area contributed by atoms with Gasteiger partial charge in [-0.25, -0.2) is 0 Å². The monoisotopic (exact) mass is 156 g/mol. The van der Waals surface area contributed by atoms with E-state index in [2.05, 4.69) is 17.2 Å². The zero-order valence-corrected chi connectivity index (χ0v) is 7.50. The molecule has 1 aliphatic rings. The summed E-state index contributed by atoms with van der Waals surface area (Å²) in [6, 6.07) is 0. The largest absolute Gasteiger partial charge is 0.326 e. The first-order valence-electron chi connectivity index (χ1n) is 4.26. The van der Waals surface area contributed by atoms with Gasteiger partial charge < -0.3 is 4.74 Å². The molecule has 1 heterocycles. The molecule has 0 aliphatic carbocycles. The third-order valence-electron chi connectivity index (χ3n) is 1.85. The number of nitrogens with zero attached hydrogens (tertiary/aromatic N) is 2. The number of ether oxygens (including phenoxy) is 1. The number of azo groups is 1. The van der Waals surface area contributed by atoms with E-state index in [-0.39, 0.29) is 12.0 Å². The standard InChI is InChI=1S/C8H16N2O/c1-4-5-6-8(3)10-9-7(2)11-8/h7H,4-6H2,1-3H3. The van der Waals surface area contributed by atoms with Gasteiger partial charge >= 0.3 is 0 Å². The van der Waals surface area contributed by atoms with Gasteiger partial charge in [0.2, 0.25) is 0 Å². The van der Waals surface area contributed by atoms with E-state index >= 15 is 0 Å². The Kier molecular flexibility index (Phi) is 2.60. The van der Waals surface area contributed by atoms with Crippen molar-refractivity contribution in [3.63, 3.8) is 0 Å². The molecule has 0 spiro atoms. The molecule has 0 bridgehead atoms. The topological polar surface area (TPSA) is 34.0 Å². The Morgan fingerprint density at radius 2 is 2.27 bits per heavy atom. The van der Waals surface area contributed by atoms with Gasteiger partial charge in [0.1, 0.15) is 0 Å². The Bertz CT molecular complexity index is 158. The van der Waals surface area contributed by atoms with Gasteiger partial charge in [-0.15, -0.1) is 0 Å². The van der Waals surface area contributed by atoms with E-state index in [0.717, 1.165) is 12.8 Å². The number of hydrogen-bond donors (Lipinski definition) is 0. The summed E-state index contributed by atoms with van der Waals surface area (Å²) in [6.07, 6.45) is 3.28. The van der Waals surface area contributed by atoms with E-state index in [1.54, 1.807) is 0 Å². The van der Waals surface area contributed by atoms with Crippen molar-refractivity contribution in [3.8, 4) is 0 Å². The average molecular weight is 156 g/mol. The van der Waals surface area contributed by atoms with Gasteiger partial charge in [-0.2, -0.15) is 10.2 Å². The number of unbranched alkanes of at least 4 members (excludes halogenated alkanes) is 1. The molecule has 0 N–H and O–H groups in total. The first-order valence-corrected chi connectivity index (χ1v) is 4.26. The SMILES string of the molecule is CCCCC1(C)N=NC(C)O1. The first-order chi connectivity index (χ1) is 5.16. The van der Waals surface area contributed by atoms with Crippen LogP contribution in [0.15, 0.2) is 10.2 Å². The second-order valence-electron chi connectivity index (χ2n) is 3.21. The third-order valence-corrected chi connectivity index (χ3v) is 1.85. The van der Waals surface area contributed by atoms with Gasteiger partial charge in [-0.3, -0.25) is 0 Å². The van der Waals surface area contributed by atoms with Gasteiger partial charge in [0.25, 0.3) is 0 Å². The van der Waals surface area contributed by atoms with Crippen LogP contribution in [-0.2, 0) is 4.74 Å². The Hall–Kier alpha value is -0.440. The van der Waals surface area contributed by atoms with E-state index in [1.165, 1.54) is 6.42 Å². The molecule has 3 nitrogen and oxygen atoms in total. The van der Waals surface area contributed by atoms with Crippen molar-refractivity contribution < 1.29 is 4.74 Å². The van der Waals surface area contributed by atoms with Crippen LogP contribution in [0.2, 0.25) is 0 Å². The van der Waals surface area contributed by atoms with Crippen molar-refractivity contribution in [1.82, 2.24) is 0 Å². The van der Waals surface area contributed by atoms with Gasteiger partial charge in [0.05, 0.1) is 0 Å². The zero-order chi connectivity index (χ0) is 8.32. The third kappa shape index (κ3) is 2.26. The summed E-state index contributed by atoms with van der Waals surface area (Å²) in [5, 5.41) is 8.03. The van der Waals surface area contributed by atoms with Crippen molar-refractivity contribution in [3.05, 3.63) is 0 Å². The summed E-state index contributed by atoms with van der Waals surface area (Å²) in [7, 11) is 0. The molecule has 11 heavy (non-hydrogen) atoms. The van der Waals surface area contributed by atoms with Crippen LogP contribution in [0, 0.1) is 0 Å². The summed E-state index contributed by atoms with van der Waals surface area (Å²) in [6.45, 7) is 6.08. The highest BCUT2D eigenvalue weighted by molar-refractivity contribution is 4.75. The molecular formula is C8H16N2O. The highest BCUT2D eigenvalue weighted by Gasteiger charge is 2.31. The van der Waals surface area contributed by atoms with Crippen LogP contribution in [-0.4, -0.2) is 12.0 Å². The highest BCUT2D eigenvalue weighted by Crippen LogP contribution is 2.28. The minimum atomic E-state index is -0.324. The molecular weight excluding hydrogens is 140 g/mol. The van der Waals surface area contributed by atoms with Crippen molar-refractivity contribution in [1.29, 1.82) is 0 Å². The molecule has 0 aromatic carbocycles. The molecule has 2 unspecified atom stereocenters. The van der Waals surface area contributed by atoms with Crippen LogP contribution in [0.1, 0.15) is 40.0 Å². The maximum Gasteiger partial charge on any atom is 0.178 e. The Balaban J connectivity index is 2.37. The van der Waals surface area contributed by atoms with E-state index in [9.17, 15) is 0 Å². The molecule has 2 atom stereocenters. The summed E-state index contributed by atoms with van der Waals surface area (Å²) >= 11 is 0. The predicted octanol–water partition coefficient (Wildman–Crippen LogP) is 2.72. The molecule has 0 saturated carbocycles. The summed E-state index contributed by atoms with van der Waals surface area (Å²) in [4.78, 5) is 0. The first kappa shape index (κ1) is 8.65. The fraction of sp³-hybridized carbons (Fsp3) is 1.00. The van der Waals surface area contributed by atoms with Crippen molar-refractivity contribution in [2.75, 3.05) is 0 Å². The molecule has 0 aromatic heterocycles. The van der Waals surface area contributed by atoms with Crippen molar-refractivity contribution in [2.24, 2.45) is 10.2 Å². The van der Waals surface area contributed by atoms with E-state index in [1.807, 2.05) is 13.8 Å². The van der Waals surface area contributed by atoms with E-state index in [0.29, 0.717) is 0 Å². The molecule has 1 aliphatic heterocycles. The van der Waals surface area contributed by atoms with Crippen LogP contribution in [0.3, 0.4) is 0 Å². The molecule has 1 rings (SSSR count). The van der Waals surface area contributed by atoms with Crippen molar-refractivity contribution >= 4 is 0 Å². The lowest BCUT2D eigenvalue weighted by Gasteiger charge is -2.18. The van der Waals surface area contributed by atoms with Gasteiger partial charge in [0, 0.05) is 0 Å². The molecule has 0 fully saturated rings. The lowest BCUT2D eigenvalue weighted by Crippen LogP contribution is -2.23. The quantitative estimate of drug-likeness (QED) is 0.618. The summed E-state index contributed by atoms with van der Waals surface area (Å²) in [5.41, 5.74) is -0.324. The normalized spacial score (nSPS) is 36.5. The number of hydrogen-bond acceptors (Lipinski definition) is 3. The minimum Gasteiger partial charge on any atom is -0.326 e. The molecule has 0 radical (unpaired) electrons. The van der Waals surface area contributed by atoms with Crippen molar-refractivity contribution in [2.45, 2.75) is 52.0 Å². The van der Waals surface area contributed by atoms with E-state index < -0.39 is 0 Å². The fourth-order valence-corrected chi connectivity index (χ4v) is 1.23. The molecule has 0 amide bonds. The van der Waals surface area contributed by atoms with Crippen LogP contribution in [0.4, 0.5) is 0 Å². The van der Waals surface area contributed by atoms with Gasteiger partial charge in [-0.1, -0.05) is 13.3 Å². The number of rotatable bonds is 3. The zero-order valence-electron chi connectivity index (χ0n) is 7.50. The van der Waals surface area contributed by atoms with Gasteiger partial charge in [-0.05, 0) is 26.7 Å². The highest BCUT2D eigenvalue weighted by atomic mass is 16.5. The summed E-state index contributed by atoms with van der Waals surface area (Å²) < 4.78 is 5.52. The van der Waals surface area contributed by atoms with Gasteiger partial charge in [0.15, 0.2) is 12.0 Å². The van der Waals surface area contributed by atoms with Crippen LogP contribution in [0.25, 0.3) is 0 Å². The van der Waals surface area contributed by atoms with Crippen LogP contribution < -0.4 is 0 Å². The minimum absolute atomic E-state index is 0.0446. The molecule has 0 saturated heterocycles. The lowest BCUT2D eigenvalue weighted by molar-refractivity contribution is -0.0371. The molecule has 64 valence electrons. The lowest BCUT2D eigenvalue weighted by atomic mass is 10.1. The molecule has 3 heteroatoms. The smallest absolute Gasteiger partial charge is 0.178 e. The maximum absolute atomic E-state index is 5.52. The Morgan fingerprint density at radius 3 is 2.73 bits per heavy atom. The summed E-state index contributed by atoms with van der Waals surface area (Å²) in [5.74, 6) is 0. The molecule has 0 aromatic rings. The predicted molar refractivity (Wildman–Crippen MR) is 43.3 cm³/mol. The average Bonchev–Trinajstić information content (AvgIpc) is 2.28. The Morgan fingerprint density at radius 1 is 1.55 bits per heavy atom. The maximum atomic E-state index is 5.52. The Labute approximate surface area is 67.8 Å². The second kappa shape index (κ2) is 3.30. The fourth-order valence-electron chi connectivity index (χ4n) is 1.23. The van der Waals surface area contributed by atoms with Crippen LogP contribution >= 0.6 is 0 Å². The van der Waals surface area contributed by atoms with E-state index in [4.69, 9.17) is 4.74 Å². The van der Waals surface area contributed by atoms with Crippen LogP contribution in [0.5, 0.6) is 0 Å². The second-order valence-corrected chi connectivity index (χ2v) is 3.21.